The summed E-state index contributed by atoms with van der Waals surface area (Å²) in [4.78, 5) is 37.1. The van der Waals surface area contributed by atoms with E-state index < -0.39 is 17.6 Å². The predicted molar refractivity (Wildman–Crippen MR) is 68.1 cm³/mol. The lowest BCUT2D eigenvalue weighted by Gasteiger charge is -2.47. The molecule has 0 saturated carbocycles. The van der Waals surface area contributed by atoms with Crippen LogP contribution in [0.3, 0.4) is 0 Å². The van der Waals surface area contributed by atoms with Crippen molar-refractivity contribution in [2.45, 2.75) is 25.0 Å². The number of ether oxygens (including phenoxy) is 1. The fourth-order valence-corrected chi connectivity index (χ4v) is 2.43. The van der Waals surface area contributed by atoms with Gasteiger partial charge in [0.25, 0.3) is 0 Å². The maximum absolute atomic E-state index is 11.9. The highest BCUT2D eigenvalue weighted by molar-refractivity contribution is 5.88. The van der Waals surface area contributed by atoms with Crippen molar-refractivity contribution in [2.75, 3.05) is 33.3 Å². The summed E-state index contributed by atoms with van der Waals surface area (Å²) in [6, 6.07) is -0.769. The number of likely N-dealkylation sites (N-methyl/N-ethyl adjacent to an activating group) is 1. The summed E-state index contributed by atoms with van der Waals surface area (Å²) in [5, 5.41) is 11.2. The van der Waals surface area contributed by atoms with Crippen molar-refractivity contribution in [2.24, 2.45) is 0 Å². The van der Waals surface area contributed by atoms with Gasteiger partial charge >= 0.3 is 12.0 Å². The molecule has 20 heavy (non-hydrogen) atoms. The molecule has 2 saturated heterocycles. The molecule has 2 fully saturated rings. The van der Waals surface area contributed by atoms with Crippen LogP contribution in [0.5, 0.6) is 0 Å². The Bertz CT molecular complexity index is 433. The van der Waals surface area contributed by atoms with Gasteiger partial charge in [-0.1, -0.05) is 0 Å². The fourth-order valence-electron chi connectivity index (χ4n) is 2.43. The molecular formula is C12H19N3O5. The molecule has 2 aliphatic heterocycles. The van der Waals surface area contributed by atoms with Gasteiger partial charge < -0.3 is 25.0 Å². The van der Waals surface area contributed by atoms with Crippen LogP contribution < -0.4 is 5.32 Å². The minimum absolute atomic E-state index is 0.0798. The summed E-state index contributed by atoms with van der Waals surface area (Å²) in [6.07, 6.45) is 0.613. The van der Waals surface area contributed by atoms with Gasteiger partial charge in [-0.25, -0.2) is 9.59 Å². The normalized spacial score (nSPS) is 24.5. The van der Waals surface area contributed by atoms with E-state index in [1.54, 1.807) is 18.9 Å². The Hall–Kier alpha value is -1.83. The summed E-state index contributed by atoms with van der Waals surface area (Å²) in [5.41, 5.74) is -0.619. The van der Waals surface area contributed by atoms with Crippen LogP contribution in [-0.2, 0) is 14.3 Å². The molecule has 0 radical (unpaired) electrons. The van der Waals surface area contributed by atoms with Gasteiger partial charge in [-0.15, -0.1) is 0 Å². The van der Waals surface area contributed by atoms with Crippen LogP contribution in [0.25, 0.3) is 0 Å². The third-order valence-electron chi connectivity index (χ3n) is 3.61. The van der Waals surface area contributed by atoms with Crippen LogP contribution in [0.1, 0.15) is 13.3 Å². The summed E-state index contributed by atoms with van der Waals surface area (Å²) in [7, 11) is 1.70. The number of carbonyl (C=O) groups excluding carboxylic acids is 2. The van der Waals surface area contributed by atoms with Gasteiger partial charge in [-0.05, 0) is 13.3 Å². The van der Waals surface area contributed by atoms with Crippen molar-refractivity contribution < 1.29 is 24.2 Å². The van der Waals surface area contributed by atoms with Crippen molar-refractivity contribution in [1.82, 2.24) is 15.1 Å². The van der Waals surface area contributed by atoms with E-state index in [1.165, 1.54) is 4.90 Å². The van der Waals surface area contributed by atoms with Gasteiger partial charge in [0.05, 0.1) is 13.1 Å². The first-order chi connectivity index (χ1) is 9.31. The average molecular weight is 285 g/mol. The van der Waals surface area contributed by atoms with Crippen molar-refractivity contribution in [3.8, 4) is 0 Å². The number of amides is 3. The van der Waals surface area contributed by atoms with Crippen LogP contribution in [0, 0.1) is 0 Å². The minimum Gasteiger partial charge on any atom is -0.480 e. The second-order valence-electron chi connectivity index (χ2n) is 5.54. The van der Waals surface area contributed by atoms with Gasteiger partial charge in [0.2, 0.25) is 5.91 Å². The average Bonchev–Trinajstić information content (AvgIpc) is 2.65. The molecule has 1 atom stereocenters. The van der Waals surface area contributed by atoms with Gasteiger partial charge in [0.1, 0.15) is 18.2 Å². The lowest BCUT2D eigenvalue weighted by atomic mass is 9.97. The van der Waals surface area contributed by atoms with Crippen LogP contribution in [-0.4, -0.2) is 77.7 Å². The van der Waals surface area contributed by atoms with Crippen molar-refractivity contribution in [3.63, 3.8) is 0 Å². The molecule has 8 heteroatoms. The monoisotopic (exact) mass is 285 g/mol. The van der Waals surface area contributed by atoms with Crippen LogP contribution >= 0.6 is 0 Å². The van der Waals surface area contributed by atoms with Crippen LogP contribution in [0.4, 0.5) is 4.79 Å². The molecule has 0 aliphatic carbocycles. The number of carbonyl (C=O) groups is 3. The van der Waals surface area contributed by atoms with E-state index in [-0.39, 0.29) is 18.5 Å². The maximum atomic E-state index is 11.9. The van der Waals surface area contributed by atoms with Gasteiger partial charge in [-0.3, -0.25) is 4.79 Å². The molecule has 2 rings (SSSR count). The summed E-state index contributed by atoms with van der Waals surface area (Å²) in [5.74, 6) is -1.11. The second-order valence-corrected chi connectivity index (χ2v) is 5.54. The first-order valence-corrected chi connectivity index (χ1v) is 6.47. The molecule has 112 valence electrons. The minimum atomic E-state index is -1.03. The molecule has 2 heterocycles. The van der Waals surface area contributed by atoms with Crippen molar-refractivity contribution in [1.29, 1.82) is 0 Å². The zero-order valence-corrected chi connectivity index (χ0v) is 11.6. The zero-order valence-electron chi connectivity index (χ0n) is 11.6. The van der Waals surface area contributed by atoms with E-state index in [9.17, 15) is 14.4 Å². The molecule has 0 spiro atoms. The number of nitrogens with one attached hydrogen (secondary N) is 1. The highest BCUT2D eigenvalue weighted by Crippen LogP contribution is 2.24. The number of rotatable bonds is 4. The SMILES string of the molecule is CN1CCC(NC(=O)N2CC(C)(OCC(=O)O)C2)C1=O. The van der Waals surface area contributed by atoms with Crippen LogP contribution in [0.15, 0.2) is 0 Å². The lowest BCUT2D eigenvalue weighted by Crippen LogP contribution is -2.66. The number of carboxylic acid groups (broad SMARTS) is 1. The van der Waals surface area contributed by atoms with E-state index in [2.05, 4.69) is 5.32 Å². The van der Waals surface area contributed by atoms with E-state index in [0.717, 1.165) is 0 Å². The van der Waals surface area contributed by atoms with Gasteiger partial charge in [-0.2, -0.15) is 0 Å². The smallest absolute Gasteiger partial charge is 0.329 e. The highest BCUT2D eigenvalue weighted by atomic mass is 16.5. The number of hydrogen-bond acceptors (Lipinski definition) is 4. The molecule has 0 aromatic heterocycles. The second kappa shape index (κ2) is 5.28. The molecule has 8 nitrogen and oxygen atoms in total. The van der Waals surface area contributed by atoms with E-state index in [1.807, 2.05) is 0 Å². The Labute approximate surface area is 116 Å². The molecule has 2 N–H and O–H groups in total. The molecule has 3 amide bonds. The molecular weight excluding hydrogens is 266 g/mol. The number of carboxylic acids is 1. The Morgan fingerprint density at radius 3 is 2.65 bits per heavy atom. The Kier molecular flexibility index (Phi) is 3.85. The van der Waals surface area contributed by atoms with Crippen molar-refractivity contribution >= 4 is 17.9 Å². The number of hydrogen-bond donors (Lipinski definition) is 2. The van der Waals surface area contributed by atoms with Crippen molar-refractivity contribution in [3.05, 3.63) is 0 Å². The summed E-state index contributed by atoms with van der Waals surface area (Å²) in [6.45, 7) is 2.67. The standard InChI is InChI=1S/C12H19N3O5/c1-12(20-5-9(16)17)6-15(7-12)11(19)13-8-3-4-14(2)10(8)18/h8H,3-7H2,1-2H3,(H,13,19)(H,16,17). The van der Waals surface area contributed by atoms with E-state index >= 15 is 0 Å². The first kappa shape index (κ1) is 14.6. The molecule has 0 aromatic carbocycles. The number of urea groups is 1. The fraction of sp³-hybridized carbons (Fsp3) is 0.750. The van der Waals surface area contributed by atoms with Gasteiger partial charge in [0.15, 0.2) is 0 Å². The maximum Gasteiger partial charge on any atom is 0.329 e. The first-order valence-electron chi connectivity index (χ1n) is 6.47. The number of likely N-dealkylation sites (tertiary alicyclic amines) is 2. The van der Waals surface area contributed by atoms with E-state index in [0.29, 0.717) is 26.1 Å². The largest absolute Gasteiger partial charge is 0.480 e. The Morgan fingerprint density at radius 1 is 1.50 bits per heavy atom. The third kappa shape index (κ3) is 3.01. The van der Waals surface area contributed by atoms with Crippen LogP contribution in [0.2, 0.25) is 0 Å². The summed E-state index contributed by atoms with van der Waals surface area (Å²) < 4.78 is 5.22. The quantitative estimate of drug-likeness (QED) is 0.697. The third-order valence-corrected chi connectivity index (χ3v) is 3.61. The molecule has 2 aliphatic rings. The zero-order chi connectivity index (χ0) is 14.9. The molecule has 0 bridgehead atoms. The summed E-state index contributed by atoms with van der Waals surface area (Å²) >= 11 is 0. The number of nitrogens with zero attached hydrogens (tertiary/aromatic N) is 2. The molecule has 1 unspecified atom stereocenters. The highest BCUT2D eigenvalue weighted by Gasteiger charge is 2.44. The topological polar surface area (TPSA) is 99.2 Å². The number of aliphatic carboxylic acids is 1. The molecule has 0 aromatic rings. The lowest BCUT2D eigenvalue weighted by molar-refractivity contribution is -0.159. The van der Waals surface area contributed by atoms with E-state index in [4.69, 9.17) is 9.84 Å². The predicted octanol–water partition coefficient (Wildman–Crippen LogP) is -0.898. The van der Waals surface area contributed by atoms with Gasteiger partial charge in [0, 0.05) is 13.6 Å². The Balaban J connectivity index is 1.76. The Morgan fingerprint density at radius 2 is 2.15 bits per heavy atom.